The van der Waals surface area contributed by atoms with Crippen LogP contribution in [0.1, 0.15) is 36.1 Å². The van der Waals surface area contributed by atoms with Gasteiger partial charge in [-0.25, -0.2) is 4.79 Å². The molecule has 116 valence electrons. The van der Waals surface area contributed by atoms with Crippen LogP contribution in [-0.4, -0.2) is 29.8 Å². The predicted octanol–water partition coefficient (Wildman–Crippen LogP) is 2.66. The van der Waals surface area contributed by atoms with Gasteiger partial charge in [-0.1, -0.05) is 30.3 Å². The SMILES string of the molecule is COC(=O)N1CCC(c2cc(=O)[nH]o2)CC1c1ccccc1. The molecule has 0 saturated carbocycles. The molecule has 1 aromatic heterocycles. The van der Waals surface area contributed by atoms with Gasteiger partial charge in [0.05, 0.1) is 13.2 Å². The van der Waals surface area contributed by atoms with E-state index < -0.39 is 0 Å². The standard InChI is InChI=1S/C16H18N2O4/c1-21-16(20)18-8-7-12(14-10-15(19)17-22-14)9-13(18)11-5-3-2-4-6-11/h2-6,10,12-13H,7-9H2,1H3,(H,17,19). The first kappa shape index (κ1) is 14.4. The Bertz CT molecular complexity index is 691. The molecule has 0 spiro atoms. The van der Waals surface area contributed by atoms with Crippen molar-refractivity contribution < 1.29 is 14.1 Å². The first-order valence-corrected chi connectivity index (χ1v) is 7.27. The molecule has 2 aromatic rings. The second-order valence-electron chi connectivity index (χ2n) is 5.43. The molecule has 1 fully saturated rings. The number of aromatic amines is 1. The van der Waals surface area contributed by atoms with Gasteiger partial charge in [0.2, 0.25) is 0 Å². The van der Waals surface area contributed by atoms with Crippen molar-refractivity contribution in [2.24, 2.45) is 0 Å². The van der Waals surface area contributed by atoms with Gasteiger partial charge in [-0.15, -0.1) is 0 Å². The summed E-state index contributed by atoms with van der Waals surface area (Å²) in [6.45, 7) is 0.561. The Morgan fingerprint density at radius 2 is 2.14 bits per heavy atom. The number of hydrogen-bond acceptors (Lipinski definition) is 4. The van der Waals surface area contributed by atoms with E-state index in [9.17, 15) is 9.59 Å². The van der Waals surface area contributed by atoms with E-state index in [-0.39, 0.29) is 23.6 Å². The van der Waals surface area contributed by atoms with Gasteiger partial charge in [0.1, 0.15) is 5.76 Å². The highest BCUT2D eigenvalue weighted by Crippen LogP contribution is 2.39. The van der Waals surface area contributed by atoms with Gasteiger partial charge in [-0.3, -0.25) is 4.79 Å². The van der Waals surface area contributed by atoms with E-state index in [2.05, 4.69) is 5.16 Å². The largest absolute Gasteiger partial charge is 0.453 e. The molecule has 3 rings (SSSR count). The fourth-order valence-corrected chi connectivity index (χ4v) is 3.05. The van der Waals surface area contributed by atoms with Crippen LogP contribution in [0.4, 0.5) is 4.79 Å². The Morgan fingerprint density at radius 3 is 2.77 bits per heavy atom. The third kappa shape index (κ3) is 2.77. The zero-order valence-corrected chi connectivity index (χ0v) is 12.3. The second-order valence-corrected chi connectivity index (χ2v) is 5.43. The molecule has 22 heavy (non-hydrogen) atoms. The molecule has 2 heterocycles. The molecular weight excluding hydrogens is 284 g/mol. The van der Waals surface area contributed by atoms with Crippen molar-refractivity contribution in [2.45, 2.75) is 24.8 Å². The van der Waals surface area contributed by atoms with Gasteiger partial charge in [0, 0.05) is 18.5 Å². The molecule has 0 aliphatic carbocycles. The molecular formula is C16H18N2O4. The quantitative estimate of drug-likeness (QED) is 0.925. The minimum atomic E-state index is -0.331. The summed E-state index contributed by atoms with van der Waals surface area (Å²) < 4.78 is 10.1. The van der Waals surface area contributed by atoms with Gasteiger partial charge >= 0.3 is 6.09 Å². The van der Waals surface area contributed by atoms with Crippen LogP contribution in [0.25, 0.3) is 0 Å². The Morgan fingerprint density at radius 1 is 1.36 bits per heavy atom. The lowest BCUT2D eigenvalue weighted by Crippen LogP contribution is -2.40. The number of benzene rings is 1. The predicted molar refractivity (Wildman–Crippen MR) is 79.6 cm³/mol. The number of H-pyrrole nitrogens is 1. The molecule has 1 amide bonds. The fourth-order valence-electron chi connectivity index (χ4n) is 3.05. The molecule has 6 nitrogen and oxygen atoms in total. The summed E-state index contributed by atoms with van der Waals surface area (Å²) in [5, 5.41) is 2.33. The summed E-state index contributed by atoms with van der Waals surface area (Å²) in [5.41, 5.74) is 0.817. The zero-order valence-electron chi connectivity index (χ0n) is 12.3. The van der Waals surface area contributed by atoms with E-state index in [1.165, 1.54) is 13.2 Å². The van der Waals surface area contributed by atoms with E-state index in [0.29, 0.717) is 18.7 Å². The van der Waals surface area contributed by atoms with Crippen molar-refractivity contribution in [3.05, 3.63) is 58.1 Å². The average molecular weight is 302 g/mol. The number of amides is 1. The first-order chi connectivity index (χ1) is 10.7. The van der Waals surface area contributed by atoms with Crippen LogP contribution in [0, 0.1) is 0 Å². The molecule has 2 atom stereocenters. The summed E-state index contributed by atoms with van der Waals surface area (Å²) in [5.74, 6) is 0.750. The molecule has 1 aromatic carbocycles. The van der Waals surface area contributed by atoms with Crippen LogP contribution in [0.3, 0.4) is 0 Å². The summed E-state index contributed by atoms with van der Waals surface area (Å²) in [6, 6.07) is 11.2. The molecule has 1 saturated heterocycles. The molecule has 1 N–H and O–H groups in total. The number of rotatable bonds is 2. The second kappa shape index (κ2) is 6.09. The van der Waals surface area contributed by atoms with Crippen molar-refractivity contribution in [2.75, 3.05) is 13.7 Å². The van der Waals surface area contributed by atoms with Crippen LogP contribution >= 0.6 is 0 Å². The maximum absolute atomic E-state index is 12.0. The molecule has 0 radical (unpaired) electrons. The van der Waals surface area contributed by atoms with E-state index in [0.717, 1.165) is 12.0 Å². The number of nitrogens with zero attached hydrogens (tertiary/aromatic N) is 1. The Labute approximate surface area is 127 Å². The minimum Gasteiger partial charge on any atom is -0.453 e. The van der Waals surface area contributed by atoms with Gasteiger partial charge in [-0.05, 0) is 18.4 Å². The smallest absolute Gasteiger partial charge is 0.409 e. The third-order valence-electron chi connectivity index (χ3n) is 4.14. The van der Waals surface area contributed by atoms with Crippen molar-refractivity contribution in [1.29, 1.82) is 0 Å². The number of carbonyl (C=O) groups is 1. The monoisotopic (exact) mass is 302 g/mol. The highest BCUT2D eigenvalue weighted by atomic mass is 16.5. The maximum Gasteiger partial charge on any atom is 0.409 e. The van der Waals surface area contributed by atoms with Crippen molar-refractivity contribution >= 4 is 6.09 Å². The molecule has 1 aliphatic rings. The summed E-state index contributed by atoms with van der Waals surface area (Å²) in [7, 11) is 1.39. The summed E-state index contributed by atoms with van der Waals surface area (Å²) in [4.78, 5) is 25.0. The first-order valence-electron chi connectivity index (χ1n) is 7.27. The Balaban J connectivity index is 1.88. The molecule has 1 aliphatic heterocycles. The number of likely N-dealkylation sites (tertiary alicyclic amines) is 1. The van der Waals surface area contributed by atoms with Crippen molar-refractivity contribution in [1.82, 2.24) is 10.1 Å². The lowest BCUT2D eigenvalue weighted by Gasteiger charge is -2.38. The summed E-state index contributed by atoms with van der Waals surface area (Å²) in [6.07, 6.45) is 1.10. The maximum atomic E-state index is 12.0. The molecule has 0 bridgehead atoms. The van der Waals surface area contributed by atoms with Crippen LogP contribution in [0.5, 0.6) is 0 Å². The van der Waals surface area contributed by atoms with Gasteiger partial charge in [-0.2, -0.15) is 5.16 Å². The number of hydrogen-bond donors (Lipinski definition) is 1. The lowest BCUT2D eigenvalue weighted by atomic mass is 9.86. The normalized spacial score (nSPS) is 21.6. The van der Waals surface area contributed by atoms with Gasteiger partial charge < -0.3 is 14.2 Å². The van der Waals surface area contributed by atoms with Crippen LogP contribution in [0.15, 0.2) is 45.7 Å². The van der Waals surface area contributed by atoms with Crippen LogP contribution < -0.4 is 5.56 Å². The number of aromatic nitrogens is 1. The number of ether oxygens (including phenoxy) is 1. The molecule has 2 unspecified atom stereocenters. The lowest BCUT2D eigenvalue weighted by molar-refractivity contribution is 0.0815. The van der Waals surface area contributed by atoms with E-state index in [1.807, 2.05) is 30.3 Å². The van der Waals surface area contributed by atoms with Crippen molar-refractivity contribution in [3.8, 4) is 0 Å². The fraction of sp³-hybridized carbons (Fsp3) is 0.375. The molecule has 6 heteroatoms. The Hall–Kier alpha value is -2.50. The van der Waals surface area contributed by atoms with Crippen LogP contribution in [0.2, 0.25) is 0 Å². The van der Waals surface area contributed by atoms with E-state index in [1.54, 1.807) is 4.90 Å². The van der Waals surface area contributed by atoms with Gasteiger partial charge in [0.25, 0.3) is 5.56 Å². The summed E-state index contributed by atoms with van der Waals surface area (Å²) >= 11 is 0. The highest BCUT2D eigenvalue weighted by molar-refractivity contribution is 5.68. The number of methoxy groups -OCH3 is 1. The zero-order chi connectivity index (χ0) is 15.5. The van der Waals surface area contributed by atoms with E-state index in [4.69, 9.17) is 9.26 Å². The number of carbonyl (C=O) groups excluding carboxylic acids is 1. The van der Waals surface area contributed by atoms with Crippen LogP contribution in [-0.2, 0) is 4.74 Å². The highest BCUT2D eigenvalue weighted by Gasteiger charge is 2.35. The topological polar surface area (TPSA) is 75.5 Å². The number of piperidine rings is 1. The van der Waals surface area contributed by atoms with E-state index >= 15 is 0 Å². The minimum absolute atomic E-state index is 0.0902. The number of nitrogens with one attached hydrogen (secondary N) is 1. The van der Waals surface area contributed by atoms with Gasteiger partial charge in [0.15, 0.2) is 0 Å². The third-order valence-corrected chi connectivity index (χ3v) is 4.14. The average Bonchev–Trinajstić information content (AvgIpc) is 3.01. The van der Waals surface area contributed by atoms with Crippen molar-refractivity contribution in [3.63, 3.8) is 0 Å². The Kier molecular flexibility index (Phi) is 4.00.